The number of pyridine rings is 2. The van der Waals surface area contributed by atoms with Gasteiger partial charge < -0.3 is 9.30 Å². The topological polar surface area (TPSA) is 81.9 Å². The molecule has 0 atom stereocenters. The first-order valence-electron chi connectivity index (χ1n) is 10.4. The lowest BCUT2D eigenvalue weighted by molar-refractivity contribution is 0.295. The van der Waals surface area contributed by atoms with Crippen molar-refractivity contribution in [1.82, 2.24) is 19.3 Å². The minimum atomic E-state index is -0.391. The molecule has 0 spiro atoms. The highest BCUT2D eigenvalue weighted by Gasteiger charge is 2.19. The Morgan fingerprint density at radius 3 is 2.47 bits per heavy atom. The SMILES string of the molecule is O=c1c2c(COc3ccc(F)cc3)n(Cc3ccncc3)c(=O)cc2[nH]n1-c1ccccc1Cl. The Bertz CT molecular complexity index is 1590. The van der Waals surface area contributed by atoms with Crippen molar-refractivity contribution in [3.05, 3.63) is 122 Å². The summed E-state index contributed by atoms with van der Waals surface area (Å²) in [6, 6.07) is 17.4. The number of hydrogen-bond acceptors (Lipinski definition) is 4. The quantitative estimate of drug-likeness (QED) is 0.396. The van der Waals surface area contributed by atoms with E-state index in [4.69, 9.17) is 16.3 Å². The highest BCUT2D eigenvalue weighted by atomic mass is 35.5. The Hall–Kier alpha value is -4.17. The van der Waals surface area contributed by atoms with Gasteiger partial charge in [-0.25, -0.2) is 9.07 Å². The van der Waals surface area contributed by atoms with Gasteiger partial charge in [0.25, 0.3) is 11.1 Å². The third kappa shape index (κ3) is 4.11. The molecule has 0 fully saturated rings. The highest BCUT2D eigenvalue weighted by molar-refractivity contribution is 6.32. The van der Waals surface area contributed by atoms with Crippen LogP contribution in [-0.4, -0.2) is 19.3 Å². The Morgan fingerprint density at radius 1 is 1.00 bits per heavy atom. The number of para-hydroxylation sites is 1. The summed E-state index contributed by atoms with van der Waals surface area (Å²) in [5.41, 5.74) is 1.36. The zero-order chi connectivity index (χ0) is 23.7. The van der Waals surface area contributed by atoms with Gasteiger partial charge in [-0.2, -0.15) is 0 Å². The minimum absolute atomic E-state index is 0.0844. The van der Waals surface area contributed by atoms with Crippen LogP contribution in [0.1, 0.15) is 11.3 Å². The molecule has 3 heterocycles. The Balaban J connectivity index is 1.68. The van der Waals surface area contributed by atoms with E-state index in [1.54, 1.807) is 48.8 Å². The smallest absolute Gasteiger partial charge is 0.281 e. The van der Waals surface area contributed by atoms with Gasteiger partial charge in [-0.1, -0.05) is 23.7 Å². The second kappa shape index (κ2) is 8.99. The number of halogens is 2. The predicted molar refractivity (Wildman–Crippen MR) is 127 cm³/mol. The van der Waals surface area contributed by atoms with E-state index in [1.165, 1.54) is 39.6 Å². The van der Waals surface area contributed by atoms with E-state index in [-0.39, 0.29) is 24.3 Å². The molecule has 0 radical (unpaired) electrons. The number of nitrogens with zero attached hydrogens (tertiary/aromatic N) is 3. The van der Waals surface area contributed by atoms with Crippen LogP contribution < -0.4 is 15.9 Å². The van der Waals surface area contributed by atoms with Gasteiger partial charge in [0.1, 0.15) is 18.2 Å². The van der Waals surface area contributed by atoms with Crippen LogP contribution in [-0.2, 0) is 13.2 Å². The monoisotopic (exact) mass is 476 g/mol. The van der Waals surface area contributed by atoms with Crippen molar-refractivity contribution in [1.29, 1.82) is 0 Å². The number of H-pyrrole nitrogens is 1. The van der Waals surface area contributed by atoms with E-state index < -0.39 is 5.82 Å². The molecule has 5 aromatic rings. The molecule has 1 N–H and O–H groups in total. The average molecular weight is 477 g/mol. The molecule has 5 rings (SSSR count). The molecule has 0 aliphatic rings. The molecule has 0 aliphatic heterocycles. The molecular formula is C25H18ClFN4O3. The first-order chi connectivity index (χ1) is 16.5. The van der Waals surface area contributed by atoms with Gasteiger partial charge in [-0.3, -0.25) is 19.7 Å². The predicted octanol–water partition coefficient (Wildman–Crippen LogP) is 4.30. The van der Waals surface area contributed by atoms with Crippen molar-refractivity contribution in [3.63, 3.8) is 0 Å². The summed E-state index contributed by atoms with van der Waals surface area (Å²) in [7, 11) is 0. The first kappa shape index (κ1) is 21.7. The first-order valence-corrected chi connectivity index (χ1v) is 10.8. The zero-order valence-electron chi connectivity index (χ0n) is 17.7. The van der Waals surface area contributed by atoms with Crippen LogP contribution >= 0.6 is 11.6 Å². The Morgan fingerprint density at radius 2 is 1.74 bits per heavy atom. The van der Waals surface area contributed by atoms with Gasteiger partial charge in [-0.05, 0) is 54.1 Å². The standard InChI is InChI=1S/C25H18ClFN4O3/c26-19-3-1-2-4-21(19)31-25(33)24-20(29-31)13-23(32)30(14-16-9-11-28-12-10-16)22(24)15-34-18-7-5-17(27)6-8-18/h1-13,29H,14-15H2. The number of benzene rings is 2. The van der Waals surface area contributed by atoms with Crippen molar-refractivity contribution in [2.45, 2.75) is 13.2 Å². The molecular weight excluding hydrogens is 459 g/mol. The van der Waals surface area contributed by atoms with Crippen LogP contribution in [0.5, 0.6) is 5.75 Å². The van der Waals surface area contributed by atoms with Gasteiger partial charge in [0.2, 0.25) is 0 Å². The maximum Gasteiger partial charge on any atom is 0.281 e. The molecule has 0 bridgehead atoms. The summed E-state index contributed by atoms with van der Waals surface area (Å²) >= 11 is 6.31. The second-order valence-electron chi connectivity index (χ2n) is 7.61. The van der Waals surface area contributed by atoms with Crippen LogP contribution in [0.2, 0.25) is 5.02 Å². The number of ether oxygens (including phenoxy) is 1. The van der Waals surface area contributed by atoms with Gasteiger partial charge >= 0.3 is 0 Å². The van der Waals surface area contributed by atoms with Gasteiger partial charge in [-0.15, -0.1) is 0 Å². The summed E-state index contributed by atoms with van der Waals surface area (Å²) in [5.74, 6) is 0.0144. The van der Waals surface area contributed by atoms with Crippen LogP contribution in [0, 0.1) is 5.82 Å². The molecule has 0 amide bonds. The third-order valence-corrected chi connectivity index (χ3v) is 5.76. The molecule has 0 aliphatic carbocycles. The van der Waals surface area contributed by atoms with Crippen LogP contribution in [0.3, 0.4) is 0 Å². The highest BCUT2D eigenvalue weighted by Crippen LogP contribution is 2.22. The van der Waals surface area contributed by atoms with Crippen LogP contribution in [0.15, 0.2) is 88.7 Å². The number of rotatable bonds is 6. The molecule has 170 valence electrons. The number of fused-ring (bicyclic) bond motifs is 1. The number of aromatic nitrogens is 4. The third-order valence-electron chi connectivity index (χ3n) is 5.44. The maximum atomic E-state index is 13.5. The van der Waals surface area contributed by atoms with Crippen molar-refractivity contribution in [2.75, 3.05) is 0 Å². The molecule has 7 nitrogen and oxygen atoms in total. The summed E-state index contributed by atoms with van der Waals surface area (Å²) in [4.78, 5) is 30.7. The second-order valence-corrected chi connectivity index (χ2v) is 8.01. The fourth-order valence-electron chi connectivity index (χ4n) is 3.79. The molecule has 0 saturated heterocycles. The van der Waals surface area contributed by atoms with Crippen LogP contribution in [0.4, 0.5) is 4.39 Å². The summed E-state index contributed by atoms with van der Waals surface area (Å²) in [5, 5.41) is 3.67. The van der Waals surface area contributed by atoms with Crippen molar-refractivity contribution in [3.8, 4) is 11.4 Å². The maximum absolute atomic E-state index is 13.5. The van der Waals surface area contributed by atoms with Crippen molar-refractivity contribution in [2.24, 2.45) is 0 Å². The minimum Gasteiger partial charge on any atom is -0.487 e. The van der Waals surface area contributed by atoms with E-state index in [0.717, 1.165) is 5.56 Å². The largest absolute Gasteiger partial charge is 0.487 e. The summed E-state index contributed by atoms with van der Waals surface area (Å²) < 4.78 is 22.0. The fourth-order valence-corrected chi connectivity index (χ4v) is 4.01. The molecule has 0 unspecified atom stereocenters. The van der Waals surface area contributed by atoms with E-state index in [9.17, 15) is 14.0 Å². The van der Waals surface area contributed by atoms with Gasteiger partial charge in [0.05, 0.1) is 33.9 Å². The average Bonchev–Trinajstić information content (AvgIpc) is 3.16. The number of hydrogen-bond donors (Lipinski definition) is 1. The molecule has 9 heteroatoms. The normalized spacial score (nSPS) is 11.1. The van der Waals surface area contributed by atoms with Crippen molar-refractivity contribution >= 4 is 22.5 Å². The Labute approximate surface area is 197 Å². The number of nitrogens with one attached hydrogen (secondary N) is 1. The van der Waals surface area contributed by atoms with E-state index in [1.807, 2.05) is 0 Å². The van der Waals surface area contributed by atoms with Crippen molar-refractivity contribution < 1.29 is 9.13 Å². The fraction of sp³-hybridized carbons (Fsp3) is 0.0800. The number of aromatic amines is 1. The Kier molecular flexibility index (Phi) is 5.73. The van der Waals surface area contributed by atoms with E-state index in [2.05, 4.69) is 10.1 Å². The van der Waals surface area contributed by atoms with Gasteiger partial charge in [0.15, 0.2) is 0 Å². The molecule has 3 aromatic heterocycles. The molecule has 0 saturated carbocycles. The lowest BCUT2D eigenvalue weighted by Gasteiger charge is -2.14. The van der Waals surface area contributed by atoms with E-state index in [0.29, 0.717) is 33.1 Å². The van der Waals surface area contributed by atoms with E-state index >= 15 is 0 Å². The lowest BCUT2D eigenvalue weighted by Crippen LogP contribution is -2.26. The summed E-state index contributed by atoms with van der Waals surface area (Å²) in [6.07, 6.45) is 3.27. The summed E-state index contributed by atoms with van der Waals surface area (Å²) in [6.45, 7) is 0.134. The molecule has 2 aromatic carbocycles. The molecule has 34 heavy (non-hydrogen) atoms. The lowest BCUT2D eigenvalue weighted by atomic mass is 10.2. The van der Waals surface area contributed by atoms with Gasteiger partial charge in [0, 0.05) is 18.5 Å². The zero-order valence-corrected chi connectivity index (χ0v) is 18.5. The van der Waals surface area contributed by atoms with Crippen LogP contribution in [0.25, 0.3) is 16.6 Å².